The molecule has 2 aromatic rings. The molecule has 21 heavy (non-hydrogen) atoms. The van der Waals surface area contributed by atoms with Gasteiger partial charge in [0.1, 0.15) is 5.82 Å². The predicted octanol–water partition coefficient (Wildman–Crippen LogP) is 2.80. The molecule has 0 saturated carbocycles. The molecule has 1 aromatic carbocycles. The van der Waals surface area contributed by atoms with Crippen LogP contribution < -0.4 is 5.32 Å². The Balaban J connectivity index is 2.07. The van der Waals surface area contributed by atoms with Crippen molar-refractivity contribution in [3.8, 4) is 0 Å². The van der Waals surface area contributed by atoms with Gasteiger partial charge in [0, 0.05) is 10.6 Å². The minimum atomic E-state index is -4.70. The highest BCUT2D eigenvalue weighted by molar-refractivity contribution is 6.31. The topological polar surface area (TPSA) is 70.7 Å². The number of aromatic nitrogens is 3. The fourth-order valence-corrected chi connectivity index (χ4v) is 1.70. The Hall–Kier alpha value is -2.16. The molecule has 0 aliphatic carbocycles. The van der Waals surface area contributed by atoms with E-state index in [1.807, 2.05) is 5.32 Å². The fourth-order valence-electron chi connectivity index (χ4n) is 1.48. The highest BCUT2D eigenvalue weighted by Gasteiger charge is 2.35. The van der Waals surface area contributed by atoms with Gasteiger partial charge in [0.15, 0.2) is 0 Å². The first-order valence-electron chi connectivity index (χ1n) is 5.49. The van der Waals surface area contributed by atoms with Gasteiger partial charge in [-0.15, -0.1) is 5.10 Å². The third-order valence-electron chi connectivity index (χ3n) is 2.40. The minimum Gasteiger partial charge on any atom is -0.293 e. The van der Waals surface area contributed by atoms with E-state index in [0.29, 0.717) is 0 Å². The molecule has 0 atom stereocenters. The van der Waals surface area contributed by atoms with Crippen molar-refractivity contribution >= 4 is 23.5 Å². The number of halogens is 5. The summed E-state index contributed by atoms with van der Waals surface area (Å²) >= 11 is 5.73. The van der Waals surface area contributed by atoms with E-state index in [0.717, 1.165) is 6.07 Å². The SMILES string of the molecule is O=C(Cc1c(F)cccc1Cl)Nc1n[nH]c(C(F)(F)F)n1. The average Bonchev–Trinajstić information content (AvgIpc) is 2.82. The number of benzene rings is 1. The van der Waals surface area contributed by atoms with Gasteiger partial charge in [-0.1, -0.05) is 17.7 Å². The molecule has 0 radical (unpaired) electrons. The van der Waals surface area contributed by atoms with Crippen molar-refractivity contribution in [3.05, 3.63) is 40.4 Å². The van der Waals surface area contributed by atoms with E-state index in [9.17, 15) is 22.4 Å². The second-order valence-electron chi connectivity index (χ2n) is 3.93. The number of amides is 1. The van der Waals surface area contributed by atoms with Crippen LogP contribution in [0, 0.1) is 5.82 Å². The summed E-state index contributed by atoms with van der Waals surface area (Å²) in [5.41, 5.74) is -0.0664. The number of carbonyl (C=O) groups is 1. The van der Waals surface area contributed by atoms with Gasteiger partial charge in [-0.3, -0.25) is 15.2 Å². The molecule has 0 aliphatic heterocycles. The predicted molar refractivity (Wildman–Crippen MR) is 65.1 cm³/mol. The molecule has 10 heteroatoms. The summed E-state index contributed by atoms with van der Waals surface area (Å²) in [6.07, 6.45) is -5.16. The number of aromatic amines is 1. The first-order valence-corrected chi connectivity index (χ1v) is 5.87. The molecule has 1 aromatic heterocycles. The van der Waals surface area contributed by atoms with Crippen LogP contribution in [-0.2, 0) is 17.4 Å². The van der Waals surface area contributed by atoms with Crippen LogP contribution in [0.3, 0.4) is 0 Å². The summed E-state index contributed by atoms with van der Waals surface area (Å²) in [6, 6.07) is 3.87. The van der Waals surface area contributed by atoms with Gasteiger partial charge in [0.25, 0.3) is 0 Å². The lowest BCUT2D eigenvalue weighted by Gasteiger charge is -2.05. The molecule has 0 fully saturated rings. The zero-order chi connectivity index (χ0) is 15.6. The van der Waals surface area contributed by atoms with Gasteiger partial charge in [0.2, 0.25) is 17.7 Å². The number of alkyl halides is 3. The van der Waals surface area contributed by atoms with Gasteiger partial charge < -0.3 is 0 Å². The number of anilines is 1. The van der Waals surface area contributed by atoms with Crippen LogP contribution in [-0.4, -0.2) is 21.1 Å². The van der Waals surface area contributed by atoms with Crippen LogP contribution in [0.25, 0.3) is 0 Å². The molecule has 1 heterocycles. The first kappa shape index (κ1) is 15.2. The lowest BCUT2D eigenvalue weighted by molar-refractivity contribution is -0.144. The maximum absolute atomic E-state index is 13.5. The number of hydrogen-bond donors (Lipinski definition) is 2. The second-order valence-corrected chi connectivity index (χ2v) is 4.34. The van der Waals surface area contributed by atoms with Crippen LogP contribution in [0.5, 0.6) is 0 Å². The lowest BCUT2D eigenvalue weighted by Crippen LogP contribution is -2.16. The van der Waals surface area contributed by atoms with E-state index in [2.05, 4.69) is 10.1 Å². The van der Waals surface area contributed by atoms with Crippen LogP contribution >= 0.6 is 11.6 Å². The van der Waals surface area contributed by atoms with Crippen molar-refractivity contribution in [2.75, 3.05) is 5.32 Å². The summed E-state index contributed by atoms with van der Waals surface area (Å²) < 4.78 is 50.3. The Bertz CT molecular complexity index is 650. The largest absolute Gasteiger partial charge is 0.451 e. The quantitative estimate of drug-likeness (QED) is 0.854. The van der Waals surface area contributed by atoms with E-state index >= 15 is 0 Å². The third-order valence-corrected chi connectivity index (χ3v) is 2.76. The Labute approximate surface area is 120 Å². The number of hydrogen-bond acceptors (Lipinski definition) is 3. The zero-order valence-electron chi connectivity index (χ0n) is 10.1. The molecule has 0 aliphatic rings. The highest BCUT2D eigenvalue weighted by atomic mass is 35.5. The molecular weight excluding hydrogens is 316 g/mol. The van der Waals surface area contributed by atoms with Crippen LogP contribution in [0.2, 0.25) is 5.02 Å². The molecule has 0 unspecified atom stereocenters. The van der Waals surface area contributed by atoms with Crippen molar-refractivity contribution in [1.29, 1.82) is 0 Å². The van der Waals surface area contributed by atoms with E-state index in [1.165, 1.54) is 12.1 Å². The van der Waals surface area contributed by atoms with Crippen molar-refractivity contribution in [3.63, 3.8) is 0 Å². The molecule has 2 rings (SSSR count). The van der Waals surface area contributed by atoms with Crippen molar-refractivity contribution in [2.24, 2.45) is 0 Å². The highest BCUT2D eigenvalue weighted by Crippen LogP contribution is 2.26. The number of carbonyl (C=O) groups excluding carboxylic acids is 1. The van der Waals surface area contributed by atoms with Crippen LogP contribution in [0.15, 0.2) is 18.2 Å². The van der Waals surface area contributed by atoms with E-state index in [4.69, 9.17) is 11.6 Å². The number of nitrogens with zero attached hydrogens (tertiary/aromatic N) is 2. The standard InChI is InChI=1S/C11H7ClF4N4O/c12-6-2-1-3-7(13)5(6)4-8(21)17-10-18-9(19-20-10)11(14,15)16/h1-3H,4H2,(H2,17,18,19,20,21). The van der Waals surface area contributed by atoms with Gasteiger partial charge in [0.05, 0.1) is 6.42 Å². The van der Waals surface area contributed by atoms with Gasteiger partial charge in [-0.2, -0.15) is 18.2 Å². The maximum atomic E-state index is 13.5. The van der Waals surface area contributed by atoms with Crippen LogP contribution in [0.1, 0.15) is 11.4 Å². The first-order chi connectivity index (χ1) is 9.77. The molecule has 5 nitrogen and oxygen atoms in total. The molecule has 0 saturated heterocycles. The van der Waals surface area contributed by atoms with Crippen molar-refractivity contribution in [2.45, 2.75) is 12.6 Å². The van der Waals surface area contributed by atoms with Crippen LogP contribution in [0.4, 0.5) is 23.5 Å². The Kier molecular flexibility index (Phi) is 4.12. The van der Waals surface area contributed by atoms with E-state index in [-0.39, 0.29) is 10.6 Å². The summed E-state index contributed by atoms with van der Waals surface area (Å²) in [5.74, 6) is -3.39. The second kappa shape index (κ2) is 5.68. The molecule has 112 valence electrons. The molecule has 1 amide bonds. The number of H-pyrrole nitrogens is 1. The Morgan fingerprint density at radius 3 is 2.67 bits per heavy atom. The van der Waals surface area contributed by atoms with Crippen molar-refractivity contribution in [1.82, 2.24) is 15.2 Å². The molecule has 0 bridgehead atoms. The summed E-state index contributed by atoms with van der Waals surface area (Å²) in [6.45, 7) is 0. The third kappa shape index (κ3) is 3.69. The number of nitrogens with one attached hydrogen (secondary N) is 2. The molecule has 2 N–H and O–H groups in total. The van der Waals surface area contributed by atoms with Gasteiger partial charge >= 0.3 is 6.18 Å². The Morgan fingerprint density at radius 1 is 1.38 bits per heavy atom. The normalized spacial score (nSPS) is 11.5. The van der Waals surface area contributed by atoms with E-state index < -0.39 is 36.1 Å². The van der Waals surface area contributed by atoms with E-state index in [1.54, 1.807) is 5.10 Å². The average molecular weight is 323 g/mol. The summed E-state index contributed by atoms with van der Waals surface area (Å²) in [4.78, 5) is 14.7. The maximum Gasteiger partial charge on any atom is 0.451 e. The monoisotopic (exact) mass is 322 g/mol. The lowest BCUT2D eigenvalue weighted by atomic mass is 10.1. The Morgan fingerprint density at radius 2 is 2.10 bits per heavy atom. The van der Waals surface area contributed by atoms with Crippen molar-refractivity contribution < 1.29 is 22.4 Å². The summed E-state index contributed by atoms with van der Waals surface area (Å²) in [7, 11) is 0. The fraction of sp³-hybridized carbons (Fsp3) is 0.182. The van der Waals surface area contributed by atoms with Gasteiger partial charge in [-0.05, 0) is 12.1 Å². The molecular formula is C11H7ClF4N4O. The zero-order valence-corrected chi connectivity index (χ0v) is 10.9. The number of rotatable bonds is 3. The minimum absolute atomic E-state index is 0.0381. The van der Waals surface area contributed by atoms with Gasteiger partial charge in [-0.25, -0.2) is 4.39 Å². The smallest absolute Gasteiger partial charge is 0.293 e. The summed E-state index contributed by atoms with van der Waals surface area (Å²) in [5, 5.41) is 6.89. The molecule has 0 spiro atoms.